The highest BCUT2D eigenvalue weighted by atomic mass is 32.1. The summed E-state index contributed by atoms with van der Waals surface area (Å²) in [6, 6.07) is 11.0. The average Bonchev–Trinajstić information content (AvgIpc) is 3.55. The van der Waals surface area contributed by atoms with Gasteiger partial charge < -0.3 is 9.80 Å². The highest BCUT2D eigenvalue weighted by Crippen LogP contribution is 2.38. The highest BCUT2D eigenvalue weighted by molar-refractivity contribution is 7.10. The van der Waals surface area contributed by atoms with Crippen LogP contribution in [0.15, 0.2) is 35.7 Å². The summed E-state index contributed by atoms with van der Waals surface area (Å²) in [7, 11) is 0. The van der Waals surface area contributed by atoms with Crippen molar-refractivity contribution >= 4 is 23.2 Å². The van der Waals surface area contributed by atoms with Crippen LogP contribution in [-0.2, 0) is 16.0 Å². The molecule has 0 spiro atoms. The third kappa shape index (κ3) is 5.34. The third-order valence-corrected chi connectivity index (χ3v) is 9.43. The van der Waals surface area contributed by atoms with Crippen molar-refractivity contribution in [2.24, 2.45) is 5.92 Å². The summed E-state index contributed by atoms with van der Waals surface area (Å²) in [5, 5.41) is 2.19. The van der Waals surface area contributed by atoms with Crippen molar-refractivity contribution in [2.45, 2.75) is 70.9 Å². The molecule has 0 unspecified atom stereocenters. The molecule has 5 rings (SSSR count). The van der Waals surface area contributed by atoms with Crippen molar-refractivity contribution < 1.29 is 9.59 Å². The van der Waals surface area contributed by atoms with Crippen molar-refractivity contribution in [3.8, 4) is 0 Å². The first-order valence-corrected chi connectivity index (χ1v) is 14.3. The van der Waals surface area contributed by atoms with Crippen molar-refractivity contribution in [3.05, 3.63) is 57.3 Å². The minimum absolute atomic E-state index is 0.0841. The molecule has 188 valence electrons. The van der Waals surface area contributed by atoms with Crippen LogP contribution >= 0.6 is 11.3 Å². The average molecular weight is 494 g/mol. The zero-order chi connectivity index (χ0) is 24.4. The summed E-state index contributed by atoms with van der Waals surface area (Å²) in [5.41, 5.74) is 3.92. The molecule has 2 fully saturated rings. The van der Waals surface area contributed by atoms with Gasteiger partial charge in [0, 0.05) is 43.5 Å². The highest BCUT2D eigenvalue weighted by Gasteiger charge is 2.35. The van der Waals surface area contributed by atoms with E-state index in [0.717, 1.165) is 25.3 Å². The summed E-state index contributed by atoms with van der Waals surface area (Å²) in [6.07, 6.45) is 7.93. The molecule has 3 aliphatic rings. The van der Waals surface area contributed by atoms with E-state index in [4.69, 9.17) is 0 Å². The third-order valence-electron chi connectivity index (χ3n) is 8.43. The molecule has 5 nitrogen and oxygen atoms in total. The number of carbonyl (C=O) groups excluding carboxylic acids is 2. The monoisotopic (exact) mass is 493 g/mol. The number of piperazine rings is 1. The summed E-state index contributed by atoms with van der Waals surface area (Å²) in [4.78, 5) is 34.2. The van der Waals surface area contributed by atoms with Gasteiger partial charge in [-0.3, -0.25) is 14.5 Å². The molecule has 1 aromatic carbocycles. The minimum Gasteiger partial charge on any atom is -0.338 e. The Morgan fingerprint density at radius 1 is 1.00 bits per heavy atom. The summed E-state index contributed by atoms with van der Waals surface area (Å²) < 4.78 is 0. The zero-order valence-electron chi connectivity index (χ0n) is 21.2. The van der Waals surface area contributed by atoms with Crippen molar-refractivity contribution in [1.82, 2.24) is 14.7 Å². The molecule has 2 aliphatic heterocycles. The van der Waals surface area contributed by atoms with Gasteiger partial charge in [-0.1, -0.05) is 49.9 Å². The first-order chi connectivity index (χ1) is 17.0. The molecule has 0 bridgehead atoms. The summed E-state index contributed by atoms with van der Waals surface area (Å²) >= 11 is 1.83. The second-order valence-corrected chi connectivity index (χ2v) is 11.7. The molecule has 2 amide bonds. The van der Waals surface area contributed by atoms with Gasteiger partial charge in [0.2, 0.25) is 11.8 Å². The second kappa shape index (κ2) is 10.8. The smallest absolute Gasteiger partial charge is 0.236 e. The SMILES string of the molecule is Cc1ccccc1[C@@H]1c2ccsc2CCN1CC(=O)N1CCN(C(=O)CCC2CCCC2)[C@H](C)C1. The van der Waals surface area contributed by atoms with E-state index in [1.54, 1.807) is 0 Å². The van der Waals surface area contributed by atoms with Crippen molar-refractivity contribution in [2.75, 3.05) is 32.7 Å². The van der Waals surface area contributed by atoms with Gasteiger partial charge in [0.25, 0.3) is 0 Å². The maximum atomic E-state index is 13.5. The van der Waals surface area contributed by atoms with Crippen LogP contribution in [0.4, 0.5) is 0 Å². The number of benzene rings is 1. The quantitative estimate of drug-likeness (QED) is 0.567. The fourth-order valence-corrected chi connectivity index (χ4v) is 7.30. The Bertz CT molecular complexity index is 1040. The van der Waals surface area contributed by atoms with Gasteiger partial charge >= 0.3 is 0 Å². The van der Waals surface area contributed by atoms with Crippen LogP contribution < -0.4 is 0 Å². The number of nitrogens with zero attached hydrogens (tertiary/aromatic N) is 3. The number of hydrogen-bond donors (Lipinski definition) is 0. The lowest BCUT2D eigenvalue weighted by Gasteiger charge is -2.42. The van der Waals surface area contributed by atoms with E-state index in [1.165, 1.54) is 47.3 Å². The van der Waals surface area contributed by atoms with E-state index in [-0.39, 0.29) is 23.9 Å². The summed E-state index contributed by atoms with van der Waals surface area (Å²) in [6.45, 7) is 7.53. The summed E-state index contributed by atoms with van der Waals surface area (Å²) in [5.74, 6) is 1.20. The van der Waals surface area contributed by atoms with E-state index in [0.29, 0.717) is 32.6 Å². The largest absolute Gasteiger partial charge is 0.338 e. The number of thiophene rings is 1. The van der Waals surface area contributed by atoms with Crippen LogP contribution in [0.2, 0.25) is 0 Å². The minimum atomic E-state index is 0.0841. The van der Waals surface area contributed by atoms with Crippen LogP contribution in [0, 0.1) is 12.8 Å². The molecule has 35 heavy (non-hydrogen) atoms. The van der Waals surface area contributed by atoms with Gasteiger partial charge in [-0.15, -0.1) is 11.3 Å². The van der Waals surface area contributed by atoms with Gasteiger partial charge in [-0.2, -0.15) is 0 Å². The van der Waals surface area contributed by atoms with E-state index in [1.807, 2.05) is 21.1 Å². The predicted molar refractivity (Wildman–Crippen MR) is 142 cm³/mol. The molecule has 3 heterocycles. The zero-order valence-corrected chi connectivity index (χ0v) is 22.1. The van der Waals surface area contributed by atoms with Gasteiger partial charge in [0.15, 0.2) is 0 Å². The van der Waals surface area contributed by atoms with Crippen molar-refractivity contribution in [1.29, 1.82) is 0 Å². The number of fused-ring (bicyclic) bond motifs is 1. The number of aryl methyl sites for hydroxylation is 1. The maximum Gasteiger partial charge on any atom is 0.236 e. The maximum absolute atomic E-state index is 13.5. The van der Waals surface area contributed by atoms with Crippen LogP contribution in [0.3, 0.4) is 0 Å². The van der Waals surface area contributed by atoms with Crippen molar-refractivity contribution in [3.63, 3.8) is 0 Å². The predicted octanol–water partition coefficient (Wildman–Crippen LogP) is 5.03. The number of hydrogen-bond acceptors (Lipinski definition) is 4. The Balaban J connectivity index is 1.21. The van der Waals surface area contributed by atoms with Crippen LogP contribution in [0.1, 0.15) is 73.1 Å². The molecule has 1 saturated carbocycles. The molecule has 1 aromatic heterocycles. The normalized spacial score (nSPS) is 23.5. The fourth-order valence-electron chi connectivity index (χ4n) is 6.40. The fraction of sp³-hybridized carbons (Fsp3) is 0.586. The van der Waals surface area contributed by atoms with Gasteiger partial charge in [0.05, 0.1) is 12.6 Å². The first kappa shape index (κ1) is 24.5. The molecular weight excluding hydrogens is 454 g/mol. The molecule has 0 N–H and O–H groups in total. The molecule has 2 aromatic rings. The van der Waals surface area contributed by atoms with Crippen LogP contribution in [-0.4, -0.2) is 65.3 Å². The van der Waals surface area contributed by atoms with E-state index in [9.17, 15) is 9.59 Å². The lowest BCUT2D eigenvalue weighted by Crippen LogP contribution is -2.57. The Kier molecular flexibility index (Phi) is 7.59. The van der Waals surface area contributed by atoms with E-state index in [2.05, 4.69) is 54.5 Å². The van der Waals surface area contributed by atoms with Crippen LogP contribution in [0.5, 0.6) is 0 Å². The molecule has 2 atom stereocenters. The Morgan fingerprint density at radius 3 is 2.57 bits per heavy atom. The Hall–Kier alpha value is -2.18. The number of rotatable bonds is 6. The number of carbonyl (C=O) groups is 2. The lowest BCUT2D eigenvalue weighted by atomic mass is 9.90. The van der Waals surface area contributed by atoms with E-state index >= 15 is 0 Å². The second-order valence-electron chi connectivity index (χ2n) is 10.7. The molecule has 1 aliphatic carbocycles. The molecular formula is C29H39N3O2S. The van der Waals surface area contributed by atoms with E-state index < -0.39 is 0 Å². The molecule has 6 heteroatoms. The van der Waals surface area contributed by atoms with Gasteiger partial charge in [-0.25, -0.2) is 0 Å². The number of amides is 2. The first-order valence-electron chi connectivity index (χ1n) is 13.4. The molecule has 1 saturated heterocycles. The Morgan fingerprint density at radius 2 is 1.80 bits per heavy atom. The van der Waals surface area contributed by atoms with Crippen LogP contribution in [0.25, 0.3) is 0 Å². The Labute approximate surface area is 214 Å². The van der Waals surface area contributed by atoms with Gasteiger partial charge in [-0.05, 0) is 60.7 Å². The standard InChI is InChI=1S/C29H39N3O2S/c1-21-7-3-6-10-24(21)29-25-14-18-35-26(25)13-15-31(29)20-28(34)30-16-17-32(22(2)19-30)27(33)12-11-23-8-4-5-9-23/h3,6-7,10,14,18,22-23,29H,4-5,8-9,11-13,15-17,19-20H2,1-2H3/t22-,29-/m1/s1. The molecule has 0 radical (unpaired) electrons. The topological polar surface area (TPSA) is 43.9 Å². The lowest BCUT2D eigenvalue weighted by molar-refractivity contribution is -0.143. The van der Waals surface area contributed by atoms with Gasteiger partial charge in [0.1, 0.15) is 0 Å².